The summed E-state index contributed by atoms with van der Waals surface area (Å²) in [5, 5.41) is 3.57. The van der Waals surface area contributed by atoms with Crippen molar-refractivity contribution in [2.45, 2.75) is 19.6 Å². The summed E-state index contributed by atoms with van der Waals surface area (Å²) in [7, 11) is 0. The van der Waals surface area contributed by atoms with E-state index in [2.05, 4.69) is 14.7 Å². The van der Waals surface area contributed by atoms with Gasteiger partial charge in [-0.1, -0.05) is 11.2 Å². The van der Waals surface area contributed by atoms with Crippen molar-refractivity contribution in [1.29, 1.82) is 0 Å². The fourth-order valence-corrected chi connectivity index (χ4v) is 1.37. The molecule has 1 aromatic heterocycles. The van der Waals surface area contributed by atoms with Crippen LogP contribution in [-0.4, -0.2) is 10.1 Å². The molecule has 5 nitrogen and oxygen atoms in total. The van der Waals surface area contributed by atoms with Crippen LogP contribution in [0.1, 0.15) is 24.4 Å². The Labute approximate surface area is 97.4 Å². The summed E-state index contributed by atoms with van der Waals surface area (Å²) in [6.45, 7) is 1.85. The lowest BCUT2D eigenvalue weighted by atomic mass is 10.1. The summed E-state index contributed by atoms with van der Waals surface area (Å²) < 4.78 is 23.4. The summed E-state index contributed by atoms with van der Waals surface area (Å²) in [5.41, 5.74) is 6.06. The average molecular weight is 237 g/mol. The Morgan fingerprint density at radius 3 is 2.94 bits per heavy atom. The molecule has 0 aliphatic heterocycles. The third-order valence-electron chi connectivity index (χ3n) is 2.24. The van der Waals surface area contributed by atoms with Gasteiger partial charge in [0.25, 0.3) is 0 Å². The molecule has 0 unspecified atom stereocenters. The Morgan fingerprint density at radius 2 is 2.35 bits per heavy atom. The molecule has 17 heavy (non-hydrogen) atoms. The Hall–Kier alpha value is -1.95. The van der Waals surface area contributed by atoms with Crippen LogP contribution < -0.4 is 10.5 Å². The molecule has 0 spiro atoms. The van der Waals surface area contributed by atoms with Gasteiger partial charge in [0, 0.05) is 17.7 Å². The van der Waals surface area contributed by atoms with Gasteiger partial charge in [0.1, 0.15) is 11.6 Å². The van der Waals surface area contributed by atoms with Crippen molar-refractivity contribution in [3.63, 3.8) is 0 Å². The molecule has 2 aromatic rings. The lowest BCUT2D eigenvalue weighted by molar-refractivity contribution is 0.285. The molecular weight excluding hydrogens is 225 g/mol. The predicted octanol–water partition coefficient (Wildman–Crippen LogP) is 1.81. The molecule has 0 radical (unpaired) electrons. The highest BCUT2D eigenvalue weighted by molar-refractivity contribution is 5.30. The quantitative estimate of drug-likeness (QED) is 0.877. The van der Waals surface area contributed by atoms with E-state index in [1.165, 1.54) is 12.5 Å². The maximum Gasteiger partial charge on any atom is 0.213 e. The van der Waals surface area contributed by atoms with Crippen molar-refractivity contribution in [1.82, 2.24) is 10.1 Å². The molecule has 0 bridgehead atoms. The van der Waals surface area contributed by atoms with Crippen LogP contribution in [0.3, 0.4) is 0 Å². The first kappa shape index (κ1) is 11.5. The number of ether oxygens (including phenoxy) is 1. The van der Waals surface area contributed by atoms with Crippen LogP contribution in [-0.2, 0) is 6.61 Å². The van der Waals surface area contributed by atoms with Crippen molar-refractivity contribution in [2.24, 2.45) is 5.73 Å². The number of hydrogen-bond acceptors (Lipinski definition) is 5. The van der Waals surface area contributed by atoms with E-state index in [1.54, 1.807) is 19.1 Å². The van der Waals surface area contributed by atoms with Crippen LogP contribution in [0.25, 0.3) is 0 Å². The molecule has 0 saturated carbocycles. The summed E-state index contributed by atoms with van der Waals surface area (Å²) in [6, 6.07) is 4.20. The first-order valence-corrected chi connectivity index (χ1v) is 5.10. The molecule has 2 rings (SSSR count). The van der Waals surface area contributed by atoms with Crippen LogP contribution in [0, 0.1) is 5.82 Å². The first-order chi connectivity index (χ1) is 8.16. The van der Waals surface area contributed by atoms with Crippen LogP contribution in [0.5, 0.6) is 5.75 Å². The zero-order valence-electron chi connectivity index (χ0n) is 9.26. The van der Waals surface area contributed by atoms with Gasteiger partial charge in [0.05, 0.1) is 0 Å². The van der Waals surface area contributed by atoms with Crippen molar-refractivity contribution < 1.29 is 13.7 Å². The Morgan fingerprint density at radius 1 is 1.53 bits per heavy atom. The van der Waals surface area contributed by atoms with Gasteiger partial charge >= 0.3 is 0 Å². The predicted molar refractivity (Wildman–Crippen MR) is 57.6 cm³/mol. The molecule has 0 fully saturated rings. The summed E-state index contributed by atoms with van der Waals surface area (Å²) in [6.07, 6.45) is 1.21. The minimum atomic E-state index is -0.384. The van der Waals surface area contributed by atoms with E-state index in [0.29, 0.717) is 17.1 Å². The zero-order chi connectivity index (χ0) is 12.3. The second-order valence-corrected chi connectivity index (χ2v) is 3.61. The number of benzene rings is 1. The molecule has 1 heterocycles. The summed E-state index contributed by atoms with van der Waals surface area (Å²) in [5.74, 6) is 0.420. The molecule has 0 aliphatic carbocycles. The van der Waals surface area contributed by atoms with Crippen molar-refractivity contribution >= 4 is 0 Å². The topological polar surface area (TPSA) is 74.2 Å². The maximum atomic E-state index is 13.6. The average Bonchev–Trinajstić information content (AvgIpc) is 2.78. The molecule has 0 saturated heterocycles. The standard InChI is InChI=1S/C11H12FN3O2/c1-7(13)9-3-2-8(4-10(9)12)16-5-11-14-6-17-15-11/h2-4,6-7H,5,13H2,1H3/t7-/m1/s1. The SMILES string of the molecule is C[C@@H](N)c1ccc(OCc2ncon2)cc1F. The summed E-state index contributed by atoms with van der Waals surface area (Å²) >= 11 is 0. The molecule has 0 aliphatic rings. The lowest BCUT2D eigenvalue weighted by Gasteiger charge is -2.09. The Bertz CT molecular complexity index is 485. The molecule has 1 atom stereocenters. The van der Waals surface area contributed by atoms with E-state index in [-0.39, 0.29) is 18.5 Å². The molecule has 90 valence electrons. The van der Waals surface area contributed by atoms with Gasteiger partial charge in [0.2, 0.25) is 12.2 Å². The van der Waals surface area contributed by atoms with Crippen molar-refractivity contribution in [3.8, 4) is 5.75 Å². The highest BCUT2D eigenvalue weighted by Crippen LogP contribution is 2.21. The van der Waals surface area contributed by atoms with E-state index < -0.39 is 0 Å². The fraction of sp³-hybridized carbons (Fsp3) is 0.273. The fourth-order valence-electron chi connectivity index (χ4n) is 1.37. The Kier molecular flexibility index (Phi) is 3.34. The van der Waals surface area contributed by atoms with Gasteiger partial charge < -0.3 is 15.0 Å². The van der Waals surface area contributed by atoms with Gasteiger partial charge in [-0.25, -0.2) is 4.39 Å². The van der Waals surface area contributed by atoms with Gasteiger partial charge in [-0.05, 0) is 13.0 Å². The van der Waals surface area contributed by atoms with Crippen molar-refractivity contribution in [2.75, 3.05) is 0 Å². The highest BCUT2D eigenvalue weighted by atomic mass is 19.1. The van der Waals surface area contributed by atoms with Gasteiger partial charge in [-0.15, -0.1) is 0 Å². The normalized spacial score (nSPS) is 12.4. The van der Waals surface area contributed by atoms with E-state index in [4.69, 9.17) is 10.5 Å². The number of nitrogens with two attached hydrogens (primary N) is 1. The van der Waals surface area contributed by atoms with E-state index in [9.17, 15) is 4.39 Å². The number of rotatable bonds is 4. The molecular formula is C11H12FN3O2. The second kappa shape index (κ2) is 4.92. The number of hydrogen-bond donors (Lipinski definition) is 1. The monoisotopic (exact) mass is 237 g/mol. The van der Waals surface area contributed by atoms with E-state index >= 15 is 0 Å². The molecule has 0 amide bonds. The van der Waals surface area contributed by atoms with Crippen molar-refractivity contribution in [3.05, 3.63) is 41.8 Å². The highest BCUT2D eigenvalue weighted by Gasteiger charge is 2.08. The second-order valence-electron chi connectivity index (χ2n) is 3.61. The molecule has 6 heteroatoms. The molecule has 1 aromatic carbocycles. The minimum absolute atomic E-state index is 0.132. The lowest BCUT2D eigenvalue weighted by Crippen LogP contribution is -2.07. The largest absolute Gasteiger partial charge is 0.485 e. The van der Waals surface area contributed by atoms with Crippen LogP contribution in [0.15, 0.2) is 29.1 Å². The van der Waals surface area contributed by atoms with E-state index in [0.717, 1.165) is 0 Å². The van der Waals surface area contributed by atoms with Crippen LogP contribution in [0.2, 0.25) is 0 Å². The first-order valence-electron chi connectivity index (χ1n) is 5.10. The van der Waals surface area contributed by atoms with Crippen LogP contribution in [0.4, 0.5) is 4.39 Å². The third-order valence-corrected chi connectivity index (χ3v) is 2.24. The van der Waals surface area contributed by atoms with Gasteiger partial charge in [-0.2, -0.15) is 4.98 Å². The third kappa shape index (κ3) is 2.79. The Balaban J connectivity index is 2.05. The van der Waals surface area contributed by atoms with Crippen LogP contribution >= 0.6 is 0 Å². The number of halogens is 1. The molecule has 2 N–H and O–H groups in total. The summed E-state index contributed by atoms with van der Waals surface area (Å²) in [4.78, 5) is 3.78. The number of nitrogens with zero attached hydrogens (tertiary/aromatic N) is 2. The van der Waals surface area contributed by atoms with E-state index in [1.807, 2.05) is 0 Å². The van der Waals surface area contributed by atoms with Gasteiger partial charge in [0.15, 0.2) is 6.61 Å². The smallest absolute Gasteiger partial charge is 0.213 e. The minimum Gasteiger partial charge on any atom is -0.485 e. The maximum absolute atomic E-state index is 13.6. The number of aromatic nitrogens is 2. The van der Waals surface area contributed by atoms with Gasteiger partial charge in [-0.3, -0.25) is 0 Å². The zero-order valence-corrected chi connectivity index (χ0v) is 9.26.